The summed E-state index contributed by atoms with van der Waals surface area (Å²) in [6.07, 6.45) is 0.416. The van der Waals surface area contributed by atoms with Crippen molar-refractivity contribution in [1.29, 1.82) is 0 Å². The summed E-state index contributed by atoms with van der Waals surface area (Å²) in [5.74, 6) is -0.963. The molecular weight excluding hydrogens is 232 g/mol. The normalized spacial score (nSPS) is 16.1. The van der Waals surface area contributed by atoms with Gasteiger partial charge in [-0.2, -0.15) is 0 Å². The summed E-state index contributed by atoms with van der Waals surface area (Å²) in [4.78, 5) is 10.6. The van der Waals surface area contributed by atoms with Gasteiger partial charge < -0.3 is 16.6 Å². The number of rotatable bonds is 6. The summed E-state index contributed by atoms with van der Waals surface area (Å²) in [5.41, 5.74) is 11.0. The zero-order valence-corrected chi connectivity index (χ0v) is 11.0. The number of hydrogen-bond donors (Lipinski definition) is 3. The lowest BCUT2D eigenvalue weighted by Gasteiger charge is -2.22. The Morgan fingerprint density at radius 1 is 1.47 bits per heavy atom. The van der Waals surface area contributed by atoms with Gasteiger partial charge in [-0.1, -0.05) is 42.4 Å². The molecule has 0 aromatic rings. The molecule has 0 fully saturated rings. The molecule has 0 saturated carbocycles. The SMILES string of the molecule is CC(C)(C)SSC(CN)C[C@H](N)C(=O)O. The minimum Gasteiger partial charge on any atom is -0.480 e. The van der Waals surface area contributed by atoms with E-state index in [4.69, 9.17) is 16.6 Å². The second-order valence-corrected chi connectivity index (χ2v) is 7.66. The maximum atomic E-state index is 10.6. The van der Waals surface area contributed by atoms with E-state index in [-0.39, 0.29) is 10.00 Å². The van der Waals surface area contributed by atoms with Crippen molar-refractivity contribution < 1.29 is 9.90 Å². The summed E-state index contributed by atoms with van der Waals surface area (Å²) in [7, 11) is 3.33. The second kappa shape index (κ2) is 6.62. The Hall–Kier alpha value is 0.0900. The highest BCUT2D eigenvalue weighted by Gasteiger charge is 2.21. The lowest BCUT2D eigenvalue weighted by atomic mass is 10.2. The second-order valence-electron chi connectivity index (χ2n) is 4.33. The smallest absolute Gasteiger partial charge is 0.320 e. The number of carbonyl (C=O) groups is 1. The van der Waals surface area contributed by atoms with Gasteiger partial charge in [0.1, 0.15) is 6.04 Å². The van der Waals surface area contributed by atoms with Gasteiger partial charge in [0.15, 0.2) is 0 Å². The van der Waals surface area contributed by atoms with Gasteiger partial charge in [-0.25, -0.2) is 0 Å². The van der Waals surface area contributed by atoms with Gasteiger partial charge in [-0.05, 0) is 6.42 Å². The molecule has 4 nitrogen and oxygen atoms in total. The largest absolute Gasteiger partial charge is 0.480 e. The minimum atomic E-state index is -0.963. The topological polar surface area (TPSA) is 89.3 Å². The molecule has 0 aliphatic carbocycles. The molecule has 2 atom stereocenters. The molecule has 0 aromatic heterocycles. The van der Waals surface area contributed by atoms with Crippen LogP contribution in [-0.4, -0.2) is 33.7 Å². The van der Waals surface area contributed by atoms with Crippen molar-refractivity contribution >= 4 is 27.6 Å². The number of aliphatic carboxylic acids is 1. The first-order valence-electron chi connectivity index (χ1n) is 4.79. The Labute approximate surface area is 98.9 Å². The van der Waals surface area contributed by atoms with E-state index in [2.05, 4.69) is 20.8 Å². The van der Waals surface area contributed by atoms with E-state index in [1.165, 1.54) is 0 Å². The van der Waals surface area contributed by atoms with E-state index in [1.807, 2.05) is 0 Å². The Kier molecular flexibility index (Phi) is 6.66. The standard InChI is InChI=1S/C9H20N2O2S2/c1-9(2,3)15-14-6(5-10)4-7(11)8(12)13/h6-7H,4-5,10-11H2,1-3H3,(H,12,13)/t6?,7-/m0/s1. The summed E-state index contributed by atoms with van der Waals surface area (Å²) < 4.78 is 0.144. The predicted octanol–water partition coefficient (Wildman–Crippen LogP) is 1.30. The van der Waals surface area contributed by atoms with Crippen LogP contribution in [-0.2, 0) is 4.79 Å². The van der Waals surface area contributed by atoms with E-state index in [0.29, 0.717) is 13.0 Å². The van der Waals surface area contributed by atoms with Crippen LogP contribution in [0.25, 0.3) is 0 Å². The fourth-order valence-corrected chi connectivity index (χ4v) is 3.31. The first-order chi connectivity index (χ1) is 6.76. The molecule has 0 radical (unpaired) electrons. The van der Waals surface area contributed by atoms with Crippen molar-refractivity contribution in [1.82, 2.24) is 0 Å². The number of nitrogens with two attached hydrogens (primary N) is 2. The maximum absolute atomic E-state index is 10.6. The molecule has 0 aromatic carbocycles. The molecule has 5 N–H and O–H groups in total. The van der Waals surface area contributed by atoms with E-state index in [1.54, 1.807) is 21.6 Å². The molecule has 0 amide bonds. The van der Waals surface area contributed by atoms with Crippen molar-refractivity contribution in [2.75, 3.05) is 6.54 Å². The summed E-state index contributed by atoms with van der Waals surface area (Å²) >= 11 is 0. The molecule has 0 aliphatic heterocycles. The molecule has 15 heavy (non-hydrogen) atoms. The molecule has 0 aliphatic rings. The monoisotopic (exact) mass is 252 g/mol. The Balaban J connectivity index is 3.98. The predicted molar refractivity (Wildman–Crippen MR) is 68.0 cm³/mol. The minimum absolute atomic E-state index is 0.0975. The van der Waals surface area contributed by atoms with Crippen LogP contribution in [0.15, 0.2) is 0 Å². The number of carboxylic acids is 1. The van der Waals surface area contributed by atoms with E-state index in [0.717, 1.165) is 0 Å². The van der Waals surface area contributed by atoms with Gasteiger partial charge in [-0.15, -0.1) is 0 Å². The fraction of sp³-hybridized carbons (Fsp3) is 0.889. The van der Waals surface area contributed by atoms with Crippen LogP contribution in [0.5, 0.6) is 0 Å². The zero-order valence-electron chi connectivity index (χ0n) is 9.40. The maximum Gasteiger partial charge on any atom is 0.320 e. The molecule has 1 unspecified atom stereocenters. The molecule has 0 heterocycles. The van der Waals surface area contributed by atoms with E-state index < -0.39 is 12.0 Å². The summed E-state index contributed by atoms with van der Waals surface area (Å²) in [5, 5.41) is 8.77. The van der Waals surface area contributed by atoms with Crippen molar-refractivity contribution in [3.8, 4) is 0 Å². The highest BCUT2D eigenvalue weighted by atomic mass is 33.1. The molecule has 0 saturated heterocycles. The third-order valence-corrected chi connectivity index (χ3v) is 5.39. The average molecular weight is 252 g/mol. The van der Waals surface area contributed by atoms with Crippen LogP contribution in [0.2, 0.25) is 0 Å². The van der Waals surface area contributed by atoms with Gasteiger partial charge in [-0.3, -0.25) is 4.79 Å². The molecule has 0 spiro atoms. The number of carboxylic acid groups (broad SMARTS) is 1. The van der Waals surface area contributed by atoms with Crippen LogP contribution in [0.4, 0.5) is 0 Å². The Morgan fingerprint density at radius 3 is 2.33 bits per heavy atom. The van der Waals surface area contributed by atoms with E-state index in [9.17, 15) is 4.79 Å². The fourth-order valence-electron chi connectivity index (χ4n) is 0.771. The first kappa shape index (κ1) is 15.1. The Bertz CT molecular complexity index is 207. The molecule has 0 rings (SSSR count). The van der Waals surface area contributed by atoms with Crippen LogP contribution in [0.3, 0.4) is 0 Å². The van der Waals surface area contributed by atoms with Crippen molar-refractivity contribution in [2.45, 2.75) is 43.2 Å². The average Bonchev–Trinajstić information content (AvgIpc) is 2.10. The van der Waals surface area contributed by atoms with Crippen LogP contribution < -0.4 is 11.5 Å². The third-order valence-electron chi connectivity index (χ3n) is 1.53. The van der Waals surface area contributed by atoms with Crippen LogP contribution >= 0.6 is 21.6 Å². The lowest BCUT2D eigenvalue weighted by Crippen LogP contribution is -2.35. The highest BCUT2D eigenvalue weighted by molar-refractivity contribution is 8.77. The van der Waals surface area contributed by atoms with Crippen LogP contribution in [0.1, 0.15) is 27.2 Å². The quantitative estimate of drug-likeness (QED) is 0.617. The highest BCUT2D eigenvalue weighted by Crippen LogP contribution is 2.38. The van der Waals surface area contributed by atoms with Gasteiger partial charge in [0.25, 0.3) is 0 Å². The first-order valence-corrected chi connectivity index (χ1v) is 7.00. The van der Waals surface area contributed by atoms with Gasteiger partial charge in [0, 0.05) is 16.5 Å². The molecule has 0 bridgehead atoms. The van der Waals surface area contributed by atoms with Crippen LogP contribution in [0, 0.1) is 0 Å². The lowest BCUT2D eigenvalue weighted by molar-refractivity contribution is -0.138. The zero-order chi connectivity index (χ0) is 12.1. The molecule has 6 heteroatoms. The van der Waals surface area contributed by atoms with Gasteiger partial charge in [0.2, 0.25) is 0 Å². The Morgan fingerprint density at radius 2 is 2.00 bits per heavy atom. The van der Waals surface area contributed by atoms with Gasteiger partial charge >= 0.3 is 5.97 Å². The molecular formula is C9H20N2O2S2. The van der Waals surface area contributed by atoms with Crippen molar-refractivity contribution in [2.24, 2.45) is 11.5 Å². The van der Waals surface area contributed by atoms with Crippen molar-refractivity contribution in [3.63, 3.8) is 0 Å². The summed E-state index contributed by atoms with van der Waals surface area (Å²) in [6, 6.07) is -0.813. The summed E-state index contributed by atoms with van der Waals surface area (Å²) in [6.45, 7) is 6.77. The number of hydrogen-bond acceptors (Lipinski definition) is 5. The van der Waals surface area contributed by atoms with E-state index >= 15 is 0 Å². The molecule has 90 valence electrons. The van der Waals surface area contributed by atoms with Gasteiger partial charge in [0.05, 0.1) is 0 Å². The third kappa shape index (κ3) is 7.96. The van der Waals surface area contributed by atoms with Crippen molar-refractivity contribution in [3.05, 3.63) is 0 Å².